The van der Waals surface area contributed by atoms with E-state index in [-0.39, 0.29) is 17.7 Å². The van der Waals surface area contributed by atoms with E-state index in [1.54, 1.807) is 17.9 Å². The summed E-state index contributed by atoms with van der Waals surface area (Å²) in [5, 5.41) is 7.84. The minimum Gasteiger partial charge on any atom is -0.361 e. The molecule has 10 nitrogen and oxygen atoms in total. The standard InChI is InChI=1S/C17H23N5O5S/c1-11-7-14(19-26-11)17(23)21-9-12(10-21)8-15-18-16(20-27-15)13-3-5-22(6-4-13)28(2,24)25/h7,12-13H,3-6,8-10H2,1-2H3. The van der Waals surface area contributed by atoms with E-state index in [0.29, 0.717) is 68.6 Å². The molecule has 0 aliphatic carbocycles. The number of carbonyl (C=O) groups is 1. The van der Waals surface area contributed by atoms with Gasteiger partial charge in [-0.05, 0) is 19.8 Å². The van der Waals surface area contributed by atoms with Gasteiger partial charge in [0.25, 0.3) is 5.91 Å². The predicted octanol–water partition coefficient (Wildman–Crippen LogP) is 0.820. The number of rotatable bonds is 5. The summed E-state index contributed by atoms with van der Waals surface area (Å²) in [5.41, 5.74) is 0.330. The van der Waals surface area contributed by atoms with Crippen molar-refractivity contribution in [3.63, 3.8) is 0 Å². The highest BCUT2D eigenvalue weighted by molar-refractivity contribution is 7.88. The Kier molecular flexibility index (Phi) is 4.96. The zero-order chi connectivity index (χ0) is 19.9. The van der Waals surface area contributed by atoms with Crippen LogP contribution in [0.5, 0.6) is 0 Å². The summed E-state index contributed by atoms with van der Waals surface area (Å²) in [6.45, 7) is 3.95. The number of hydrogen-bond donors (Lipinski definition) is 0. The number of amides is 1. The fourth-order valence-electron chi connectivity index (χ4n) is 3.70. The van der Waals surface area contributed by atoms with Gasteiger partial charge in [-0.15, -0.1) is 0 Å². The van der Waals surface area contributed by atoms with E-state index >= 15 is 0 Å². The lowest BCUT2D eigenvalue weighted by molar-refractivity contribution is 0.0476. The molecule has 1 amide bonds. The fraction of sp³-hybridized carbons (Fsp3) is 0.647. The summed E-state index contributed by atoms with van der Waals surface area (Å²) >= 11 is 0. The number of aromatic nitrogens is 3. The van der Waals surface area contributed by atoms with Crippen LogP contribution in [-0.2, 0) is 16.4 Å². The second-order valence-electron chi connectivity index (χ2n) is 7.59. The summed E-state index contributed by atoms with van der Waals surface area (Å²) in [4.78, 5) is 18.5. The smallest absolute Gasteiger partial charge is 0.276 e. The van der Waals surface area contributed by atoms with Crippen molar-refractivity contribution in [2.24, 2.45) is 5.92 Å². The topological polar surface area (TPSA) is 123 Å². The van der Waals surface area contributed by atoms with Crippen molar-refractivity contribution in [2.45, 2.75) is 32.1 Å². The molecule has 0 N–H and O–H groups in total. The Morgan fingerprint density at radius 1 is 1.21 bits per heavy atom. The van der Waals surface area contributed by atoms with E-state index in [9.17, 15) is 13.2 Å². The monoisotopic (exact) mass is 409 g/mol. The molecule has 28 heavy (non-hydrogen) atoms. The van der Waals surface area contributed by atoms with Crippen LogP contribution >= 0.6 is 0 Å². The van der Waals surface area contributed by atoms with Crippen molar-refractivity contribution in [1.29, 1.82) is 0 Å². The Labute approximate surface area is 162 Å². The summed E-state index contributed by atoms with van der Waals surface area (Å²) < 4.78 is 35.0. The van der Waals surface area contributed by atoms with Gasteiger partial charge in [0.1, 0.15) is 5.76 Å². The van der Waals surface area contributed by atoms with E-state index in [4.69, 9.17) is 9.05 Å². The van der Waals surface area contributed by atoms with Crippen LogP contribution in [0.3, 0.4) is 0 Å². The van der Waals surface area contributed by atoms with Gasteiger partial charge >= 0.3 is 0 Å². The number of carbonyl (C=O) groups excluding carboxylic acids is 1. The maximum absolute atomic E-state index is 12.3. The van der Waals surface area contributed by atoms with E-state index < -0.39 is 10.0 Å². The van der Waals surface area contributed by atoms with E-state index in [1.807, 2.05) is 0 Å². The minimum absolute atomic E-state index is 0.116. The number of sulfonamides is 1. The molecule has 4 rings (SSSR count). The van der Waals surface area contributed by atoms with Crippen LogP contribution in [0.1, 0.15) is 46.7 Å². The van der Waals surface area contributed by atoms with Gasteiger partial charge in [-0.1, -0.05) is 10.3 Å². The van der Waals surface area contributed by atoms with E-state index in [2.05, 4.69) is 15.3 Å². The third kappa shape index (κ3) is 3.95. The number of likely N-dealkylation sites (tertiary alicyclic amines) is 1. The number of nitrogens with zero attached hydrogens (tertiary/aromatic N) is 5. The molecule has 0 atom stereocenters. The van der Waals surface area contributed by atoms with Gasteiger partial charge in [0.2, 0.25) is 15.9 Å². The Balaban J connectivity index is 1.27. The Morgan fingerprint density at radius 3 is 2.54 bits per heavy atom. The summed E-state index contributed by atoms with van der Waals surface area (Å²) in [6.07, 6.45) is 3.23. The summed E-state index contributed by atoms with van der Waals surface area (Å²) in [7, 11) is -3.14. The third-order valence-corrected chi connectivity index (χ3v) is 6.63. The van der Waals surface area contributed by atoms with Crippen molar-refractivity contribution in [3.8, 4) is 0 Å². The van der Waals surface area contributed by atoms with Gasteiger partial charge in [-0.25, -0.2) is 12.7 Å². The molecule has 0 unspecified atom stereocenters. The minimum atomic E-state index is -3.14. The van der Waals surface area contributed by atoms with Gasteiger partial charge in [-0.3, -0.25) is 4.79 Å². The van der Waals surface area contributed by atoms with Crippen molar-refractivity contribution in [1.82, 2.24) is 24.5 Å². The summed E-state index contributed by atoms with van der Waals surface area (Å²) in [5.74, 6) is 2.09. The first kappa shape index (κ1) is 19.1. The first-order valence-electron chi connectivity index (χ1n) is 9.30. The third-order valence-electron chi connectivity index (χ3n) is 5.33. The number of piperidine rings is 1. The van der Waals surface area contributed by atoms with E-state index in [1.165, 1.54) is 10.6 Å². The molecule has 0 aromatic carbocycles. The van der Waals surface area contributed by atoms with Crippen molar-refractivity contribution in [3.05, 3.63) is 29.2 Å². The van der Waals surface area contributed by atoms with Gasteiger partial charge < -0.3 is 13.9 Å². The average Bonchev–Trinajstić information content (AvgIpc) is 3.26. The molecule has 4 heterocycles. The Bertz CT molecular complexity index is 954. The lowest BCUT2D eigenvalue weighted by Crippen LogP contribution is -2.50. The Morgan fingerprint density at radius 2 is 1.93 bits per heavy atom. The van der Waals surface area contributed by atoms with Gasteiger partial charge in [0.05, 0.1) is 6.26 Å². The van der Waals surface area contributed by atoms with Crippen LogP contribution < -0.4 is 0 Å². The molecule has 2 aliphatic heterocycles. The Hall–Kier alpha value is -2.27. The number of hydrogen-bond acceptors (Lipinski definition) is 8. The lowest BCUT2D eigenvalue weighted by Gasteiger charge is -2.38. The van der Waals surface area contributed by atoms with Crippen LogP contribution in [0, 0.1) is 12.8 Å². The molecule has 0 saturated carbocycles. The molecule has 2 aliphatic rings. The molecular formula is C17H23N5O5S. The molecule has 0 bridgehead atoms. The van der Waals surface area contributed by atoms with Crippen molar-refractivity contribution in [2.75, 3.05) is 32.4 Å². The second-order valence-corrected chi connectivity index (χ2v) is 9.57. The number of aryl methyl sites for hydroxylation is 1. The largest absolute Gasteiger partial charge is 0.361 e. The van der Waals surface area contributed by atoms with Crippen LogP contribution in [0.2, 0.25) is 0 Å². The normalized spacial score (nSPS) is 19.7. The van der Waals surface area contributed by atoms with Gasteiger partial charge in [0.15, 0.2) is 11.5 Å². The predicted molar refractivity (Wildman–Crippen MR) is 97.0 cm³/mol. The molecule has 2 aromatic heterocycles. The average molecular weight is 409 g/mol. The van der Waals surface area contributed by atoms with E-state index in [0.717, 1.165) is 0 Å². The van der Waals surface area contributed by atoms with Crippen LogP contribution in [0.15, 0.2) is 15.1 Å². The van der Waals surface area contributed by atoms with Crippen LogP contribution in [0.25, 0.3) is 0 Å². The lowest BCUT2D eigenvalue weighted by atomic mass is 9.95. The van der Waals surface area contributed by atoms with Gasteiger partial charge in [-0.2, -0.15) is 4.98 Å². The molecular weight excluding hydrogens is 386 g/mol. The molecule has 2 aromatic rings. The second kappa shape index (κ2) is 7.28. The van der Waals surface area contributed by atoms with Gasteiger partial charge in [0, 0.05) is 50.5 Å². The molecule has 152 valence electrons. The molecule has 0 radical (unpaired) electrons. The molecule has 2 saturated heterocycles. The zero-order valence-electron chi connectivity index (χ0n) is 15.9. The molecule has 2 fully saturated rings. The quantitative estimate of drug-likeness (QED) is 0.711. The summed E-state index contributed by atoms with van der Waals surface area (Å²) in [6, 6.07) is 1.63. The zero-order valence-corrected chi connectivity index (χ0v) is 16.7. The fourth-order valence-corrected chi connectivity index (χ4v) is 4.58. The van der Waals surface area contributed by atoms with Crippen LogP contribution in [-0.4, -0.2) is 71.3 Å². The highest BCUT2D eigenvalue weighted by Crippen LogP contribution is 2.28. The van der Waals surface area contributed by atoms with Crippen LogP contribution in [0.4, 0.5) is 0 Å². The highest BCUT2D eigenvalue weighted by atomic mass is 32.2. The highest BCUT2D eigenvalue weighted by Gasteiger charge is 2.34. The van der Waals surface area contributed by atoms with Crippen molar-refractivity contribution < 1.29 is 22.3 Å². The molecule has 0 spiro atoms. The molecule has 11 heteroatoms. The maximum Gasteiger partial charge on any atom is 0.276 e. The first-order valence-corrected chi connectivity index (χ1v) is 11.1. The van der Waals surface area contributed by atoms with Crippen molar-refractivity contribution >= 4 is 15.9 Å². The maximum atomic E-state index is 12.3. The first-order chi connectivity index (χ1) is 13.3. The SMILES string of the molecule is Cc1cc(C(=O)N2CC(Cc3nc(C4CCN(S(C)(=O)=O)CC4)no3)C2)no1.